The molecule has 0 heterocycles. The van der Waals surface area contributed by atoms with Crippen molar-refractivity contribution in [2.45, 2.75) is 11.3 Å². The van der Waals surface area contributed by atoms with Crippen LogP contribution >= 0.6 is 12.4 Å². The summed E-state index contributed by atoms with van der Waals surface area (Å²) in [5.41, 5.74) is 0.897. The van der Waals surface area contributed by atoms with Crippen LogP contribution in [-0.2, 0) is 10.1 Å². The Hall–Kier alpha value is -1.77. The third-order valence-electron chi connectivity index (χ3n) is 2.55. The minimum Gasteiger partial charge on any atom is -0.404 e. The van der Waals surface area contributed by atoms with Gasteiger partial charge in [0.2, 0.25) is 0 Å². The lowest BCUT2D eigenvalue weighted by atomic mass is 10.1. The molecule has 0 saturated carbocycles. The van der Waals surface area contributed by atoms with E-state index in [-0.39, 0.29) is 12.4 Å². The second kappa shape index (κ2) is 6.55. The van der Waals surface area contributed by atoms with Crippen LogP contribution in [0.3, 0.4) is 0 Å². The predicted octanol–water partition coefficient (Wildman–Crippen LogP) is 3.92. The highest BCUT2D eigenvalue weighted by Crippen LogP contribution is 2.33. The van der Waals surface area contributed by atoms with Crippen LogP contribution in [0.2, 0.25) is 0 Å². The van der Waals surface area contributed by atoms with Gasteiger partial charge in [-0.05, 0) is 23.3 Å². The number of ether oxygens (including phenoxy) is 1. The van der Waals surface area contributed by atoms with Gasteiger partial charge in [0, 0.05) is 0 Å². The third-order valence-corrected chi connectivity index (χ3v) is 3.45. The van der Waals surface area contributed by atoms with E-state index >= 15 is 0 Å². The van der Waals surface area contributed by atoms with Gasteiger partial charge < -0.3 is 4.74 Å². The Morgan fingerprint density at radius 1 is 0.955 bits per heavy atom. The van der Waals surface area contributed by atoms with E-state index in [1.54, 1.807) is 30.3 Å². The Bertz CT molecular complexity index is 746. The number of alkyl halides is 3. The second-order valence-electron chi connectivity index (χ2n) is 4.05. The van der Waals surface area contributed by atoms with Crippen LogP contribution in [0.1, 0.15) is 0 Å². The molecule has 0 aliphatic carbocycles. The van der Waals surface area contributed by atoms with Gasteiger partial charge in [0.25, 0.3) is 10.1 Å². The van der Waals surface area contributed by atoms with Crippen molar-refractivity contribution in [2.75, 3.05) is 0 Å². The van der Waals surface area contributed by atoms with Crippen molar-refractivity contribution >= 4 is 22.5 Å². The summed E-state index contributed by atoms with van der Waals surface area (Å²) < 4.78 is 71.9. The predicted molar refractivity (Wildman–Crippen MR) is 75.6 cm³/mol. The summed E-state index contributed by atoms with van der Waals surface area (Å²) in [4.78, 5) is -0.945. The van der Waals surface area contributed by atoms with Gasteiger partial charge in [-0.1, -0.05) is 36.4 Å². The van der Waals surface area contributed by atoms with Crippen molar-refractivity contribution < 1.29 is 30.9 Å². The van der Waals surface area contributed by atoms with Crippen LogP contribution in [0.25, 0.3) is 11.1 Å². The molecule has 0 atom stereocenters. The van der Waals surface area contributed by atoms with Gasteiger partial charge in [-0.3, -0.25) is 4.55 Å². The molecule has 0 amide bonds. The first-order valence-corrected chi connectivity index (χ1v) is 7.03. The van der Waals surface area contributed by atoms with E-state index in [0.717, 1.165) is 12.1 Å². The molecular formula is C13H10ClF3O4S. The maximum Gasteiger partial charge on any atom is 0.573 e. The minimum absolute atomic E-state index is 0. The molecule has 120 valence electrons. The molecule has 0 spiro atoms. The molecule has 0 aliphatic heterocycles. The fourth-order valence-corrected chi connectivity index (χ4v) is 2.33. The molecule has 0 fully saturated rings. The highest BCUT2D eigenvalue weighted by molar-refractivity contribution is 7.86. The summed E-state index contributed by atoms with van der Waals surface area (Å²) in [6.07, 6.45) is -5.07. The molecule has 2 rings (SSSR count). The van der Waals surface area contributed by atoms with Gasteiger partial charge in [-0.15, -0.1) is 25.6 Å². The zero-order valence-corrected chi connectivity index (χ0v) is 12.4. The number of rotatable bonds is 3. The number of halogens is 4. The van der Waals surface area contributed by atoms with Crippen LogP contribution in [0.5, 0.6) is 5.75 Å². The minimum atomic E-state index is -5.07. The van der Waals surface area contributed by atoms with Gasteiger partial charge in [-0.25, -0.2) is 0 Å². The molecule has 2 aromatic carbocycles. The van der Waals surface area contributed by atoms with Crippen molar-refractivity contribution in [3.05, 3.63) is 48.5 Å². The van der Waals surface area contributed by atoms with Crippen molar-refractivity contribution in [1.82, 2.24) is 0 Å². The van der Waals surface area contributed by atoms with Gasteiger partial charge in [-0.2, -0.15) is 8.42 Å². The van der Waals surface area contributed by atoms with Crippen LogP contribution in [0.15, 0.2) is 53.4 Å². The molecule has 0 aromatic heterocycles. The number of benzene rings is 2. The lowest BCUT2D eigenvalue weighted by Gasteiger charge is -2.13. The largest absolute Gasteiger partial charge is 0.573 e. The maximum atomic E-state index is 12.3. The fourth-order valence-electron chi connectivity index (χ4n) is 1.74. The van der Waals surface area contributed by atoms with E-state index in [2.05, 4.69) is 4.74 Å². The average Bonchev–Trinajstić information content (AvgIpc) is 2.36. The van der Waals surface area contributed by atoms with E-state index in [1.165, 1.54) is 6.07 Å². The third kappa shape index (κ3) is 4.62. The molecule has 9 heteroatoms. The lowest BCUT2D eigenvalue weighted by Crippen LogP contribution is -2.19. The lowest BCUT2D eigenvalue weighted by molar-refractivity contribution is -0.275. The highest BCUT2D eigenvalue weighted by atomic mass is 35.5. The monoisotopic (exact) mass is 354 g/mol. The van der Waals surface area contributed by atoms with E-state index in [9.17, 15) is 21.6 Å². The van der Waals surface area contributed by atoms with Crippen LogP contribution in [-0.4, -0.2) is 19.3 Å². The van der Waals surface area contributed by atoms with Crippen molar-refractivity contribution in [2.24, 2.45) is 0 Å². The first-order valence-electron chi connectivity index (χ1n) is 5.59. The van der Waals surface area contributed by atoms with E-state index in [4.69, 9.17) is 4.55 Å². The molecule has 4 nitrogen and oxygen atoms in total. The summed E-state index contributed by atoms with van der Waals surface area (Å²) in [5, 5.41) is 0. The second-order valence-corrected chi connectivity index (χ2v) is 5.44. The summed E-state index contributed by atoms with van der Waals surface area (Å²) in [6, 6.07) is 11.4. The van der Waals surface area contributed by atoms with Crippen molar-refractivity contribution in [3.8, 4) is 16.9 Å². The first-order chi connectivity index (χ1) is 9.67. The zero-order valence-electron chi connectivity index (χ0n) is 10.7. The van der Waals surface area contributed by atoms with Gasteiger partial charge >= 0.3 is 6.36 Å². The standard InChI is InChI=1S/C13H9F3O4S.ClH/c14-13(15,16)20-11-8-10(9-4-2-1-3-5-9)6-7-12(11)21(17,18)19;/h1-8H,(H,17,18,19);1H. The Kier molecular flexibility index (Phi) is 5.44. The first kappa shape index (κ1) is 18.3. The van der Waals surface area contributed by atoms with Crippen LogP contribution < -0.4 is 4.74 Å². The Morgan fingerprint density at radius 2 is 1.55 bits per heavy atom. The molecule has 0 unspecified atom stereocenters. The van der Waals surface area contributed by atoms with Gasteiger partial charge in [0.1, 0.15) is 4.90 Å². The van der Waals surface area contributed by atoms with Crippen molar-refractivity contribution in [3.63, 3.8) is 0 Å². The Labute approximate surface area is 130 Å². The summed E-state index contributed by atoms with van der Waals surface area (Å²) in [5.74, 6) is -0.980. The van der Waals surface area contributed by atoms with Gasteiger partial charge in [0.15, 0.2) is 5.75 Å². The molecular weight excluding hydrogens is 345 g/mol. The van der Waals surface area contributed by atoms with E-state index in [0.29, 0.717) is 11.1 Å². The number of hydrogen-bond donors (Lipinski definition) is 1. The SMILES string of the molecule is Cl.O=S(=O)(O)c1ccc(-c2ccccc2)cc1OC(F)(F)F. The summed E-state index contributed by atoms with van der Waals surface area (Å²) in [6.45, 7) is 0. The topological polar surface area (TPSA) is 63.6 Å². The van der Waals surface area contributed by atoms with Gasteiger partial charge in [0.05, 0.1) is 0 Å². The Morgan fingerprint density at radius 3 is 2.05 bits per heavy atom. The van der Waals surface area contributed by atoms with Crippen molar-refractivity contribution in [1.29, 1.82) is 0 Å². The molecule has 0 aliphatic rings. The Balaban J connectivity index is 0.00000242. The fraction of sp³-hybridized carbons (Fsp3) is 0.0769. The molecule has 22 heavy (non-hydrogen) atoms. The molecule has 1 N–H and O–H groups in total. The molecule has 0 radical (unpaired) electrons. The van der Waals surface area contributed by atoms with E-state index in [1.807, 2.05) is 0 Å². The number of hydrogen-bond acceptors (Lipinski definition) is 3. The summed E-state index contributed by atoms with van der Waals surface area (Å²) in [7, 11) is -4.83. The van der Waals surface area contributed by atoms with Crippen LogP contribution in [0, 0.1) is 0 Å². The van der Waals surface area contributed by atoms with E-state index < -0.39 is 27.1 Å². The summed E-state index contributed by atoms with van der Waals surface area (Å²) >= 11 is 0. The smallest absolute Gasteiger partial charge is 0.404 e. The normalized spacial score (nSPS) is 11.6. The maximum absolute atomic E-state index is 12.3. The highest BCUT2D eigenvalue weighted by Gasteiger charge is 2.34. The zero-order chi connectivity index (χ0) is 15.7. The average molecular weight is 355 g/mol. The molecule has 2 aromatic rings. The quantitative estimate of drug-likeness (QED) is 0.848. The van der Waals surface area contributed by atoms with Crippen LogP contribution in [0.4, 0.5) is 13.2 Å². The molecule has 0 saturated heterocycles. The molecule has 0 bridgehead atoms.